The fraction of sp³-hybridized carbons (Fsp3) is 0.0667. The van der Waals surface area contributed by atoms with Crippen molar-refractivity contribution in [3.63, 3.8) is 0 Å². The van der Waals surface area contributed by atoms with Gasteiger partial charge in [-0.3, -0.25) is 4.79 Å². The number of nitrogens with zero attached hydrogens (tertiary/aromatic N) is 1. The average molecular weight is 303 g/mol. The number of nitrogens with one attached hydrogen (secondary N) is 1. The number of amides is 1. The fourth-order valence-electron chi connectivity index (χ4n) is 2.30. The van der Waals surface area contributed by atoms with E-state index in [0.717, 1.165) is 11.4 Å². The predicted molar refractivity (Wildman–Crippen MR) is 80.5 cm³/mol. The van der Waals surface area contributed by atoms with Crippen molar-refractivity contribution in [1.82, 2.24) is 0 Å². The van der Waals surface area contributed by atoms with Gasteiger partial charge in [0.15, 0.2) is 0 Å². The lowest BCUT2D eigenvalue weighted by Crippen LogP contribution is -2.35. The second-order valence-corrected chi connectivity index (χ2v) is 5.09. The van der Waals surface area contributed by atoms with E-state index in [1.54, 1.807) is 29.2 Å². The first-order valence-electron chi connectivity index (χ1n) is 6.25. The van der Waals surface area contributed by atoms with Crippen molar-refractivity contribution in [2.24, 2.45) is 0 Å². The molecule has 3 rings (SSSR count). The van der Waals surface area contributed by atoms with Crippen LogP contribution >= 0.6 is 11.6 Å². The van der Waals surface area contributed by atoms with E-state index in [0.29, 0.717) is 10.7 Å². The monoisotopic (exact) mass is 302 g/mol. The van der Waals surface area contributed by atoms with E-state index < -0.39 is 5.97 Å². The molecule has 1 heterocycles. The number of benzene rings is 2. The van der Waals surface area contributed by atoms with Gasteiger partial charge in [-0.25, -0.2) is 4.79 Å². The minimum Gasteiger partial charge on any atom is -0.478 e. The molecule has 5 nitrogen and oxygen atoms in total. The fourth-order valence-corrected chi connectivity index (χ4v) is 2.48. The van der Waals surface area contributed by atoms with Gasteiger partial charge in [0.1, 0.15) is 6.54 Å². The molecule has 0 atom stereocenters. The Labute approximate surface area is 125 Å². The summed E-state index contributed by atoms with van der Waals surface area (Å²) in [7, 11) is 0. The molecule has 0 saturated carbocycles. The highest BCUT2D eigenvalue weighted by Gasteiger charge is 2.24. The molecule has 0 bridgehead atoms. The van der Waals surface area contributed by atoms with Crippen LogP contribution in [0, 0.1) is 0 Å². The Morgan fingerprint density at radius 1 is 1.24 bits per heavy atom. The molecule has 0 saturated heterocycles. The normalized spacial score (nSPS) is 13.6. The molecule has 2 aromatic carbocycles. The van der Waals surface area contributed by atoms with E-state index >= 15 is 0 Å². The molecule has 1 aliphatic rings. The molecule has 2 aromatic rings. The number of anilines is 3. The zero-order valence-electron chi connectivity index (χ0n) is 10.8. The Hall–Kier alpha value is -2.53. The summed E-state index contributed by atoms with van der Waals surface area (Å²) < 4.78 is 0. The van der Waals surface area contributed by atoms with E-state index in [4.69, 9.17) is 16.7 Å². The van der Waals surface area contributed by atoms with Crippen molar-refractivity contribution < 1.29 is 14.7 Å². The highest BCUT2D eigenvalue weighted by Crippen LogP contribution is 2.36. The first-order chi connectivity index (χ1) is 10.0. The summed E-state index contributed by atoms with van der Waals surface area (Å²) in [6.45, 7) is 0.153. The number of hydrogen-bond acceptors (Lipinski definition) is 3. The van der Waals surface area contributed by atoms with Crippen molar-refractivity contribution in [1.29, 1.82) is 0 Å². The number of carboxylic acids is 1. The number of hydrogen-bond donors (Lipinski definition) is 2. The first kappa shape index (κ1) is 13.5. The minimum absolute atomic E-state index is 0.127. The maximum Gasteiger partial charge on any atom is 0.335 e. The summed E-state index contributed by atoms with van der Waals surface area (Å²) in [5.41, 5.74) is 2.12. The quantitative estimate of drug-likeness (QED) is 0.894. The molecule has 2 N–H and O–H groups in total. The third-order valence-corrected chi connectivity index (χ3v) is 3.47. The summed E-state index contributed by atoms with van der Waals surface area (Å²) in [5, 5.41) is 12.3. The lowest BCUT2D eigenvalue weighted by Gasteiger charge is -2.31. The predicted octanol–water partition coefficient (Wildman–Crippen LogP) is 3.13. The van der Waals surface area contributed by atoms with Gasteiger partial charge in [0.2, 0.25) is 5.91 Å². The highest BCUT2D eigenvalue weighted by molar-refractivity contribution is 6.30. The SMILES string of the molecule is O=C1CN(c2cccc(Cl)c2)c2ccc(C(=O)O)cc2N1. The van der Waals surface area contributed by atoms with Crippen LogP contribution in [0.2, 0.25) is 5.02 Å². The van der Waals surface area contributed by atoms with E-state index in [1.807, 2.05) is 6.07 Å². The van der Waals surface area contributed by atoms with E-state index in [9.17, 15) is 9.59 Å². The van der Waals surface area contributed by atoms with Crippen molar-refractivity contribution in [3.05, 3.63) is 53.1 Å². The lowest BCUT2D eigenvalue weighted by atomic mass is 10.1. The van der Waals surface area contributed by atoms with Gasteiger partial charge in [-0.15, -0.1) is 0 Å². The number of carbonyl (C=O) groups is 2. The average Bonchev–Trinajstić information content (AvgIpc) is 2.45. The maximum absolute atomic E-state index is 11.8. The molecule has 0 fully saturated rings. The molecule has 6 heteroatoms. The Morgan fingerprint density at radius 2 is 2.05 bits per heavy atom. The van der Waals surface area contributed by atoms with Gasteiger partial charge in [-0.05, 0) is 36.4 Å². The molecular formula is C15H11ClN2O3. The molecule has 1 aliphatic heterocycles. The molecule has 21 heavy (non-hydrogen) atoms. The van der Waals surface area contributed by atoms with E-state index in [1.165, 1.54) is 12.1 Å². The topological polar surface area (TPSA) is 69.6 Å². The van der Waals surface area contributed by atoms with Gasteiger partial charge >= 0.3 is 5.97 Å². The van der Waals surface area contributed by atoms with Crippen molar-refractivity contribution in [2.75, 3.05) is 16.8 Å². The molecule has 0 aromatic heterocycles. The number of carbonyl (C=O) groups excluding carboxylic acids is 1. The number of carboxylic acid groups (broad SMARTS) is 1. The Bertz CT molecular complexity index is 745. The summed E-state index contributed by atoms with van der Waals surface area (Å²) in [4.78, 5) is 24.7. The lowest BCUT2D eigenvalue weighted by molar-refractivity contribution is -0.115. The highest BCUT2D eigenvalue weighted by atomic mass is 35.5. The second kappa shape index (κ2) is 5.10. The molecule has 0 aliphatic carbocycles. The third-order valence-electron chi connectivity index (χ3n) is 3.23. The van der Waals surface area contributed by atoms with Crippen LogP contribution in [0.3, 0.4) is 0 Å². The van der Waals surface area contributed by atoms with Crippen LogP contribution in [-0.4, -0.2) is 23.5 Å². The first-order valence-corrected chi connectivity index (χ1v) is 6.63. The minimum atomic E-state index is -1.04. The zero-order valence-corrected chi connectivity index (χ0v) is 11.6. The van der Waals surface area contributed by atoms with Gasteiger partial charge in [0.25, 0.3) is 0 Å². The smallest absolute Gasteiger partial charge is 0.335 e. The van der Waals surface area contributed by atoms with Crippen LogP contribution in [-0.2, 0) is 4.79 Å². The van der Waals surface area contributed by atoms with E-state index in [-0.39, 0.29) is 18.0 Å². The van der Waals surface area contributed by atoms with Crippen LogP contribution in [0.25, 0.3) is 0 Å². The summed E-state index contributed by atoms with van der Waals surface area (Å²) in [5.74, 6) is -1.24. The molecule has 1 amide bonds. The van der Waals surface area contributed by atoms with Gasteiger partial charge in [-0.2, -0.15) is 0 Å². The summed E-state index contributed by atoms with van der Waals surface area (Å²) >= 11 is 5.99. The second-order valence-electron chi connectivity index (χ2n) is 4.65. The van der Waals surface area contributed by atoms with Crippen molar-refractivity contribution >= 4 is 40.5 Å². The molecule has 0 spiro atoms. The van der Waals surface area contributed by atoms with Crippen molar-refractivity contribution in [2.45, 2.75) is 0 Å². The zero-order chi connectivity index (χ0) is 15.0. The summed E-state index contributed by atoms with van der Waals surface area (Å²) in [6, 6.07) is 11.8. The number of rotatable bonds is 2. The van der Waals surface area contributed by atoms with Crippen LogP contribution in [0.4, 0.5) is 17.1 Å². The number of aromatic carboxylic acids is 1. The molecular weight excluding hydrogens is 292 g/mol. The molecule has 0 unspecified atom stereocenters. The third kappa shape index (κ3) is 2.55. The maximum atomic E-state index is 11.8. The van der Waals surface area contributed by atoms with Crippen molar-refractivity contribution in [3.8, 4) is 0 Å². The number of fused-ring (bicyclic) bond motifs is 1. The molecule has 0 radical (unpaired) electrons. The van der Waals surface area contributed by atoms with Gasteiger partial charge < -0.3 is 15.3 Å². The van der Waals surface area contributed by atoms with Gasteiger partial charge in [-0.1, -0.05) is 17.7 Å². The van der Waals surface area contributed by atoms with Crippen LogP contribution in [0.15, 0.2) is 42.5 Å². The summed E-state index contributed by atoms with van der Waals surface area (Å²) in [6.07, 6.45) is 0. The Balaban J connectivity index is 2.09. The van der Waals surface area contributed by atoms with Gasteiger partial charge in [0, 0.05) is 10.7 Å². The van der Waals surface area contributed by atoms with Crippen LogP contribution < -0.4 is 10.2 Å². The van der Waals surface area contributed by atoms with E-state index in [2.05, 4.69) is 5.32 Å². The standard InChI is InChI=1S/C15H11ClN2O3/c16-10-2-1-3-11(7-10)18-8-14(19)17-12-6-9(15(20)21)4-5-13(12)18/h1-7H,8H2,(H,17,19)(H,20,21). The van der Waals surface area contributed by atoms with Crippen LogP contribution in [0.5, 0.6) is 0 Å². The Morgan fingerprint density at radius 3 is 2.76 bits per heavy atom. The Kier molecular flexibility index (Phi) is 3.27. The largest absolute Gasteiger partial charge is 0.478 e. The number of halogens is 1. The van der Waals surface area contributed by atoms with Crippen LogP contribution in [0.1, 0.15) is 10.4 Å². The van der Waals surface area contributed by atoms with Gasteiger partial charge in [0.05, 0.1) is 16.9 Å². The molecule has 106 valence electrons.